The Morgan fingerprint density at radius 1 is 1.04 bits per heavy atom. The molecule has 27 heavy (non-hydrogen) atoms. The van der Waals surface area contributed by atoms with Crippen molar-refractivity contribution < 1.29 is 4.79 Å². The molecule has 0 fully saturated rings. The van der Waals surface area contributed by atoms with Gasteiger partial charge in [-0.15, -0.1) is 0 Å². The van der Waals surface area contributed by atoms with Crippen molar-refractivity contribution >= 4 is 46.9 Å². The quantitative estimate of drug-likeness (QED) is 0.482. The number of fused-ring (bicyclic) bond motifs is 2. The Labute approximate surface area is 166 Å². The molecule has 1 heterocycles. The fourth-order valence-electron chi connectivity index (χ4n) is 2.90. The predicted octanol–water partition coefficient (Wildman–Crippen LogP) is 5.34. The molecule has 4 nitrogen and oxygen atoms in total. The van der Waals surface area contributed by atoms with Crippen molar-refractivity contribution in [2.24, 2.45) is 5.10 Å². The van der Waals surface area contributed by atoms with E-state index in [-0.39, 0.29) is 5.91 Å². The van der Waals surface area contributed by atoms with Crippen LogP contribution in [-0.4, -0.2) is 19.2 Å². The summed E-state index contributed by atoms with van der Waals surface area (Å²) in [5.41, 5.74) is 6.27. The monoisotopic (exact) mass is 393 g/mol. The SMILES string of the molecule is CN1c2ccccc2Sc2cc(/C=N/NC(=O)c3cccc(Cl)c3)ccc21. The van der Waals surface area contributed by atoms with Crippen LogP contribution in [0.25, 0.3) is 0 Å². The van der Waals surface area contributed by atoms with E-state index >= 15 is 0 Å². The predicted molar refractivity (Wildman–Crippen MR) is 112 cm³/mol. The average molecular weight is 394 g/mol. The van der Waals surface area contributed by atoms with Gasteiger partial charge in [0.05, 0.1) is 17.6 Å². The lowest BCUT2D eigenvalue weighted by Gasteiger charge is -2.29. The van der Waals surface area contributed by atoms with Gasteiger partial charge in [0.1, 0.15) is 0 Å². The van der Waals surface area contributed by atoms with Gasteiger partial charge in [-0.3, -0.25) is 4.79 Å². The number of benzene rings is 3. The molecule has 1 amide bonds. The molecule has 0 saturated carbocycles. The molecule has 0 atom stereocenters. The molecule has 0 aromatic heterocycles. The number of hydrazone groups is 1. The van der Waals surface area contributed by atoms with Gasteiger partial charge in [0.15, 0.2) is 0 Å². The minimum atomic E-state index is -0.297. The van der Waals surface area contributed by atoms with E-state index in [1.165, 1.54) is 10.6 Å². The number of amides is 1. The summed E-state index contributed by atoms with van der Waals surface area (Å²) < 4.78 is 0. The zero-order chi connectivity index (χ0) is 18.8. The van der Waals surface area contributed by atoms with E-state index in [0.29, 0.717) is 10.6 Å². The molecule has 0 bridgehead atoms. The van der Waals surface area contributed by atoms with Crippen LogP contribution in [0.4, 0.5) is 11.4 Å². The lowest BCUT2D eigenvalue weighted by molar-refractivity contribution is 0.0955. The number of carbonyl (C=O) groups is 1. The fourth-order valence-corrected chi connectivity index (χ4v) is 4.29. The van der Waals surface area contributed by atoms with Crippen molar-refractivity contribution in [2.75, 3.05) is 11.9 Å². The standard InChI is InChI=1S/C21H16ClN3OS/c1-25-17-7-2-3-8-19(17)27-20-11-14(9-10-18(20)25)13-23-24-21(26)15-5-4-6-16(22)12-15/h2-13H,1H3,(H,24,26)/b23-13+. The second kappa shape index (κ2) is 7.47. The number of hydrogen-bond acceptors (Lipinski definition) is 4. The number of carbonyl (C=O) groups excluding carboxylic acids is 1. The van der Waals surface area contributed by atoms with Crippen LogP contribution in [0, 0.1) is 0 Å². The van der Waals surface area contributed by atoms with Gasteiger partial charge in [-0.2, -0.15) is 5.10 Å². The molecule has 1 aliphatic heterocycles. The lowest BCUT2D eigenvalue weighted by atomic mass is 10.2. The lowest BCUT2D eigenvalue weighted by Crippen LogP contribution is -2.17. The largest absolute Gasteiger partial charge is 0.343 e. The zero-order valence-corrected chi connectivity index (χ0v) is 16.1. The number of halogens is 1. The Balaban J connectivity index is 1.50. The van der Waals surface area contributed by atoms with Crippen LogP contribution in [0.2, 0.25) is 5.02 Å². The third-order valence-electron chi connectivity index (χ3n) is 4.26. The van der Waals surface area contributed by atoms with Crippen molar-refractivity contribution in [3.63, 3.8) is 0 Å². The van der Waals surface area contributed by atoms with Crippen LogP contribution < -0.4 is 10.3 Å². The molecule has 0 spiro atoms. The number of hydrogen-bond donors (Lipinski definition) is 1. The van der Waals surface area contributed by atoms with E-state index < -0.39 is 0 Å². The average Bonchev–Trinajstić information content (AvgIpc) is 2.68. The van der Waals surface area contributed by atoms with E-state index in [2.05, 4.69) is 46.7 Å². The summed E-state index contributed by atoms with van der Waals surface area (Å²) in [6, 6.07) is 21.2. The molecule has 0 saturated heterocycles. The van der Waals surface area contributed by atoms with Gasteiger partial charge >= 0.3 is 0 Å². The van der Waals surface area contributed by atoms with Crippen LogP contribution in [0.5, 0.6) is 0 Å². The normalized spacial score (nSPS) is 12.6. The first-order valence-electron chi connectivity index (χ1n) is 8.35. The van der Waals surface area contributed by atoms with Gasteiger partial charge < -0.3 is 4.90 Å². The Kier molecular flexibility index (Phi) is 4.88. The second-order valence-corrected chi connectivity index (χ2v) is 7.59. The Bertz CT molecular complexity index is 1050. The topological polar surface area (TPSA) is 44.7 Å². The molecule has 0 radical (unpaired) electrons. The highest BCUT2D eigenvalue weighted by atomic mass is 35.5. The zero-order valence-electron chi connectivity index (χ0n) is 14.5. The molecule has 0 aliphatic carbocycles. The molecule has 6 heteroatoms. The van der Waals surface area contributed by atoms with Crippen molar-refractivity contribution in [1.29, 1.82) is 0 Å². The molecule has 134 valence electrons. The van der Waals surface area contributed by atoms with E-state index in [4.69, 9.17) is 11.6 Å². The first kappa shape index (κ1) is 17.6. The van der Waals surface area contributed by atoms with Crippen LogP contribution in [0.15, 0.2) is 81.6 Å². The first-order chi connectivity index (χ1) is 13.1. The second-order valence-electron chi connectivity index (χ2n) is 6.07. The van der Waals surface area contributed by atoms with E-state index in [0.717, 1.165) is 16.1 Å². The first-order valence-corrected chi connectivity index (χ1v) is 9.55. The third kappa shape index (κ3) is 3.70. The summed E-state index contributed by atoms with van der Waals surface area (Å²) in [6.45, 7) is 0. The molecule has 3 aromatic rings. The summed E-state index contributed by atoms with van der Waals surface area (Å²) in [5.74, 6) is -0.297. The van der Waals surface area contributed by atoms with Crippen LogP contribution in [0.1, 0.15) is 15.9 Å². The summed E-state index contributed by atoms with van der Waals surface area (Å²) >= 11 is 7.64. The van der Waals surface area contributed by atoms with Gasteiger partial charge in [0, 0.05) is 27.4 Å². The Morgan fingerprint density at radius 2 is 1.85 bits per heavy atom. The highest BCUT2D eigenvalue weighted by Gasteiger charge is 2.20. The van der Waals surface area contributed by atoms with Crippen molar-refractivity contribution in [3.8, 4) is 0 Å². The Morgan fingerprint density at radius 3 is 2.70 bits per heavy atom. The van der Waals surface area contributed by atoms with E-state index in [9.17, 15) is 4.79 Å². The van der Waals surface area contributed by atoms with Gasteiger partial charge in [-0.05, 0) is 48.0 Å². The number of para-hydroxylation sites is 1. The van der Waals surface area contributed by atoms with Crippen molar-refractivity contribution in [3.05, 3.63) is 82.9 Å². The highest BCUT2D eigenvalue weighted by Crippen LogP contribution is 2.47. The number of nitrogens with zero attached hydrogens (tertiary/aromatic N) is 2. The molecule has 4 rings (SSSR count). The smallest absolute Gasteiger partial charge is 0.271 e. The maximum Gasteiger partial charge on any atom is 0.271 e. The number of rotatable bonds is 3. The van der Waals surface area contributed by atoms with Gasteiger partial charge in [-0.25, -0.2) is 5.43 Å². The van der Waals surface area contributed by atoms with Crippen LogP contribution in [-0.2, 0) is 0 Å². The van der Waals surface area contributed by atoms with Gasteiger partial charge in [-0.1, -0.05) is 47.6 Å². The van der Waals surface area contributed by atoms with E-state index in [1.807, 2.05) is 18.2 Å². The molecule has 0 unspecified atom stereocenters. The molecular weight excluding hydrogens is 378 g/mol. The minimum absolute atomic E-state index is 0.297. The summed E-state index contributed by atoms with van der Waals surface area (Å²) in [5, 5.41) is 4.59. The molecule has 3 aromatic carbocycles. The number of anilines is 2. The minimum Gasteiger partial charge on any atom is -0.343 e. The maximum atomic E-state index is 12.1. The molecular formula is C21H16ClN3OS. The number of nitrogens with one attached hydrogen (secondary N) is 1. The third-order valence-corrected chi connectivity index (χ3v) is 5.61. The highest BCUT2D eigenvalue weighted by molar-refractivity contribution is 7.99. The molecule has 1 aliphatic rings. The summed E-state index contributed by atoms with van der Waals surface area (Å²) in [4.78, 5) is 16.7. The van der Waals surface area contributed by atoms with E-state index in [1.54, 1.807) is 42.2 Å². The fraction of sp³-hybridized carbons (Fsp3) is 0.0476. The Hall–Kier alpha value is -2.76. The van der Waals surface area contributed by atoms with Crippen LogP contribution >= 0.6 is 23.4 Å². The van der Waals surface area contributed by atoms with Crippen molar-refractivity contribution in [1.82, 2.24) is 5.43 Å². The van der Waals surface area contributed by atoms with Crippen LogP contribution in [0.3, 0.4) is 0 Å². The van der Waals surface area contributed by atoms with Crippen molar-refractivity contribution in [2.45, 2.75) is 9.79 Å². The summed E-state index contributed by atoms with van der Waals surface area (Å²) in [6.07, 6.45) is 1.64. The van der Waals surface area contributed by atoms with Gasteiger partial charge in [0.25, 0.3) is 5.91 Å². The van der Waals surface area contributed by atoms with Gasteiger partial charge in [0.2, 0.25) is 0 Å². The summed E-state index contributed by atoms with van der Waals surface area (Å²) in [7, 11) is 2.07. The maximum absolute atomic E-state index is 12.1. The molecule has 1 N–H and O–H groups in total.